The van der Waals surface area contributed by atoms with Gasteiger partial charge in [-0.05, 0) is 29.0 Å². The third kappa shape index (κ3) is 27.7. The van der Waals surface area contributed by atoms with Gasteiger partial charge in [0.2, 0.25) is 0 Å². The number of methoxy groups -OCH3 is 1. The third-order valence-corrected chi connectivity index (χ3v) is 11.5. The van der Waals surface area contributed by atoms with Crippen LogP contribution in [0.25, 0.3) is 0 Å². The Kier molecular flexibility index (Phi) is 22.0. The summed E-state index contributed by atoms with van der Waals surface area (Å²) in [5.74, 6) is 0. The van der Waals surface area contributed by atoms with E-state index in [2.05, 4.69) is 130 Å². The highest BCUT2D eigenvalue weighted by molar-refractivity contribution is 6.82. The van der Waals surface area contributed by atoms with Gasteiger partial charge in [-0.1, -0.05) is 150 Å². The largest absolute Gasteiger partial charge is 0.369 e. The molecule has 0 atom stereocenters. The molecule has 0 unspecified atom stereocenters. The van der Waals surface area contributed by atoms with Gasteiger partial charge in [-0.3, -0.25) is 4.90 Å². The predicted molar refractivity (Wildman–Crippen MR) is 202 cm³/mol. The van der Waals surface area contributed by atoms with E-state index in [1.807, 2.05) is 30.3 Å². The fourth-order valence-corrected chi connectivity index (χ4v) is 6.05. The number of ether oxygens (including phenoxy) is 1. The number of hydrogen-bond acceptors (Lipinski definition) is 4. The lowest BCUT2D eigenvalue weighted by Crippen LogP contribution is -2.40. The van der Waals surface area contributed by atoms with Crippen LogP contribution >= 0.6 is 11.6 Å². The summed E-state index contributed by atoms with van der Waals surface area (Å²) in [6.45, 7) is 24.4. The fraction of sp³-hybridized carbons (Fsp3) is 0.486. The molecule has 4 nitrogen and oxygen atoms in total. The molecule has 0 aliphatic carbocycles. The summed E-state index contributed by atoms with van der Waals surface area (Å²) in [6.07, 6.45) is 2.37. The second-order valence-electron chi connectivity index (χ2n) is 14.5. The summed E-state index contributed by atoms with van der Waals surface area (Å²) in [5, 5.41) is 3.50. The van der Waals surface area contributed by atoms with E-state index in [0.29, 0.717) is 6.54 Å². The van der Waals surface area contributed by atoms with Crippen LogP contribution in [0.2, 0.25) is 58.9 Å². The summed E-state index contributed by atoms with van der Waals surface area (Å²) >= 11 is 5.54. The molecule has 8 heteroatoms. The Labute approximate surface area is 273 Å². The average Bonchev–Trinajstić information content (AvgIpc) is 2.94. The Morgan fingerprint density at radius 3 is 1.40 bits per heavy atom. The van der Waals surface area contributed by atoms with Gasteiger partial charge in [-0.15, -0.1) is 11.6 Å². The standard InChI is InChI=1S/C13H23NOSi.C11H19NSi.C7H9N.C4H11ClSi/c1-15-11-14(12-16(2,3)4)10-13-8-6-5-7-9-13;1-13(2,3)10-12-9-11-7-5-4-6-8-11;8-6-7-4-2-1-3-5-7;1-6(2,3)4-5/h5-9H,10-12H2,1-4H3;4-8,12H,9-10H2,1-3H3;1-5H,6,8H2;4H2,1-3H3. The number of benzene rings is 3. The smallest absolute Gasteiger partial charge is 0.0986 e. The molecule has 0 amide bonds. The van der Waals surface area contributed by atoms with E-state index in [0.717, 1.165) is 25.3 Å². The molecule has 0 aliphatic heterocycles. The minimum absolute atomic E-state index is 0.640. The van der Waals surface area contributed by atoms with E-state index in [4.69, 9.17) is 22.1 Å². The molecule has 0 heterocycles. The van der Waals surface area contributed by atoms with E-state index >= 15 is 0 Å². The van der Waals surface area contributed by atoms with Gasteiger partial charge in [0.05, 0.1) is 31.0 Å². The van der Waals surface area contributed by atoms with Crippen LogP contribution in [0, 0.1) is 0 Å². The van der Waals surface area contributed by atoms with Crippen molar-refractivity contribution in [2.24, 2.45) is 5.73 Å². The number of nitrogens with two attached hydrogens (primary N) is 1. The van der Waals surface area contributed by atoms with E-state index in [-0.39, 0.29) is 0 Å². The van der Waals surface area contributed by atoms with E-state index in [1.165, 1.54) is 29.0 Å². The third-order valence-electron chi connectivity index (χ3n) is 5.57. The molecule has 3 N–H and O–H groups in total. The van der Waals surface area contributed by atoms with Gasteiger partial charge in [-0.2, -0.15) is 0 Å². The van der Waals surface area contributed by atoms with Crippen molar-refractivity contribution >= 4 is 35.8 Å². The Bertz CT molecular complexity index is 1040. The second-order valence-corrected chi connectivity index (χ2v) is 31.6. The minimum atomic E-state index is -1.07. The zero-order valence-corrected chi connectivity index (χ0v) is 32.7. The van der Waals surface area contributed by atoms with Gasteiger partial charge < -0.3 is 15.8 Å². The number of halogens is 1. The summed E-state index contributed by atoms with van der Waals surface area (Å²) in [5.41, 5.74) is 10.2. The quantitative estimate of drug-likeness (QED) is 0.116. The summed E-state index contributed by atoms with van der Waals surface area (Å²) < 4.78 is 5.27. The zero-order valence-electron chi connectivity index (χ0n) is 28.9. The van der Waals surface area contributed by atoms with Crippen molar-refractivity contribution in [1.82, 2.24) is 10.2 Å². The maximum absolute atomic E-state index is 5.54. The molecular weight excluding hydrogens is 598 g/mol. The topological polar surface area (TPSA) is 50.5 Å². The highest BCUT2D eigenvalue weighted by atomic mass is 35.5. The molecule has 43 heavy (non-hydrogen) atoms. The number of nitrogens with zero attached hydrogens (tertiary/aromatic N) is 1. The van der Waals surface area contributed by atoms with E-state index < -0.39 is 24.2 Å². The summed E-state index contributed by atoms with van der Waals surface area (Å²) in [4.78, 5) is 2.39. The summed E-state index contributed by atoms with van der Waals surface area (Å²) in [7, 11) is -1.09. The maximum Gasteiger partial charge on any atom is 0.0986 e. The van der Waals surface area contributed by atoms with E-state index in [1.54, 1.807) is 7.11 Å². The lowest BCUT2D eigenvalue weighted by Gasteiger charge is -2.28. The van der Waals surface area contributed by atoms with Crippen LogP contribution in [-0.2, 0) is 24.4 Å². The van der Waals surface area contributed by atoms with Crippen LogP contribution < -0.4 is 11.1 Å². The second kappa shape index (κ2) is 22.9. The van der Waals surface area contributed by atoms with Crippen molar-refractivity contribution in [3.8, 4) is 0 Å². The number of alkyl halides is 1. The van der Waals surface area contributed by atoms with Crippen molar-refractivity contribution < 1.29 is 4.74 Å². The monoisotopic (exact) mass is 659 g/mol. The molecule has 242 valence electrons. The lowest BCUT2D eigenvalue weighted by atomic mass is 10.2. The van der Waals surface area contributed by atoms with Gasteiger partial charge in [0.25, 0.3) is 0 Å². The van der Waals surface area contributed by atoms with Gasteiger partial charge in [0.1, 0.15) is 0 Å². The van der Waals surface area contributed by atoms with Crippen LogP contribution in [0.3, 0.4) is 0 Å². The lowest BCUT2D eigenvalue weighted by molar-refractivity contribution is 0.0697. The zero-order chi connectivity index (χ0) is 32.8. The molecular formula is C35H62ClN3OSi3. The Morgan fingerprint density at radius 2 is 1.07 bits per heavy atom. The minimum Gasteiger partial charge on any atom is -0.369 e. The molecule has 0 spiro atoms. The predicted octanol–water partition coefficient (Wildman–Crippen LogP) is 8.87. The van der Waals surface area contributed by atoms with Crippen LogP contribution in [0.5, 0.6) is 0 Å². The molecule has 0 saturated heterocycles. The molecule has 0 saturated carbocycles. The van der Waals surface area contributed by atoms with Crippen molar-refractivity contribution in [2.45, 2.75) is 78.6 Å². The molecule has 3 aromatic carbocycles. The van der Waals surface area contributed by atoms with Crippen molar-refractivity contribution in [3.63, 3.8) is 0 Å². The Hall–Kier alpha value is -1.56. The van der Waals surface area contributed by atoms with Gasteiger partial charge in [0.15, 0.2) is 0 Å². The first kappa shape index (κ1) is 41.4. The molecule has 0 fully saturated rings. The number of rotatable bonds is 12. The number of hydrogen-bond donors (Lipinski definition) is 2. The van der Waals surface area contributed by atoms with Crippen molar-refractivity contribution in [1.29, 1.82) is 0 Å². The van der Waals surface area contributed by atoms with Gasteiger partial charge >= 0.3 is 0 Å². The average molecular weight is 661 g/mol. The van der Waals surface area contributed by atoms with Crippen LogP contribution in [0.4, 0.5) is 0 Å². The van der Waals surface area contributed by atoms with Gasteiger partial charge in [-0.25, -0.2) is 0 Å². The van der Waals surface area contributed by atoms with Crippen LogP contribution in [-0.4, -0.2) is 60.8 Å². The Morgan fingerprint density at radius 1 is 0.651 bits per heavy atom. The summed E-state index contributed by atoms with van der Waals surface area (Å²) in [6, 6.07) is 31.1. The van der Waals surface area contributed by atoms with Gasteiger partial charge in [0, 0.05) is 32.2 Å². The van der Waals surface area contributed by atoms with Crippen molar-refractivity contribution in [3.05, 3.63) is 108 Å². The first-order valence-corrected chi connectivity index (χ1v) is 27.0. The molecule has 0 bridgehead atoms. The molecule has 3 rings (SSSR count). The maximum atomic E-state index is 5.54. The fourth-order valence-electron chi connectivity index (χ4n) is 3.63. The van der Waals surface area contributed by atoms with Crippen LogP contribution in [0.15, 0.2) is 91.0 Å². The molecule has 0 aromatic heterocycles. The SMILES string of the molecule is COCN(Cc1ccccc1)C[Si](C)(C)C.C[Si](C)(C)CCl.C[Si](C)(C)CNCc1ccccc1.NCc1ccccc1. The first-order valence-electron chi connectivity index (χ1n) is 15.4. The number of nitrogens with one attached hydrogen (secondary N) is 1. The van der Waals surface area contributed by atoms with E-state index in [9.17, 15) is 0 Å². The normalized spacial score (nSPS) is 11.4. The molecule has 3 aromatic rings. The Balaban J connectivity index is 0.000000584. The highest BCUT2D eigenvalue weighted by Gasteiger charge is 2.18. The highest BCUT2D eigenvalue weighted by Crippen LogP contribution is 2.09. The van der Waals surface area contributed by atoms with Crippen LogP contribution in [0.1, 0.15) is 16.7 Å². The molecule has 0 aliphatic rings. The van der Waals surface area contributed by atoms with Crippen molar-refractivity contribution in [2.75, 3.05) is 31.7 Å². The first-order chi connectivity index (χ1) is 20.1. The molecule has 0 radical (unpaired) electrons.